The molecule has 0 aliphatic heterocycles. The minimum absolute atomic E-state index is 0.0187. The van der Waals surface area contributed by atoms with Gasteiger partial charge in [-0.2, -0.15) is 5.26 Å². The Morgan fingerprint density at radius 2 is 2.00 bits per heavy atom. The van der Waals surface area contributed by atoms with Crippen molar-refractivity contribution in [3.8, 4) is 11.8 Å². The van der Waals surface area contributed by atoms with Gasteiger partial charge in [-0.15, -0.1) is 0 Å². The molecule has 0 amide bonds. The van der Waals surface area contributed by atoms with Crippen LogP contribution in [0.2, 0.25) is 0 Å². The van der Waals surface area contributed by atoms with Crippen molar-refractivity contribution >= 4 is 23.0 Å². The Hall–Kier alpha value is -3.85. The van der Waals surface area contributed by atoms with Crippen molar-refractivity contribution < 1.29 is 19.1 Å². The first kappa shape index (κ1) is 18.0. The van der Waals surface area contributed by atoms with Crippen LogP contribution in [-0.4, -0.2) is 11.1 Å². The maximum absolute atomic E-state index is 12.0. The summed E-state index contributed by atoms with van der Waals surface area (Å²) >= 11 is 0. The predicted molar refractivity (Wildman–Crippen MR) is 98.9 cm³/mol. The van der Waals surface area contributed by atoms with Gasteiger partial charge in [0.05, 0.1) is 11.6 Å². The number of nitrogens with zero attached hydrogens (tertiary/aromatic N) is 1. The molecular formula is C21H15NO5. The molecule has 0 aliphatic rings. The van der Waals surface area contributed by atoms with Gasteiger partial charge in [0.1, 0.15) is 17.9 Å². The van der Waals surface area contributed by atoms with Crippen molar-refractivity contribution in [3.63, 3.8) is 0 Å². The highest BCUT2D eigenvalue weighted by Gasteiger charge is 2.11. The standard InChI is InChI=1S/C21H15NO5/c1-13-18(23)8-7-17-16(10-20(25)27-21(13)17)12-26-19(24)9-6-14-2-4-15(11-22)5-3-14/h2-10,23H,12H2,1H3/b9-6+. The molecule has 1 N–H and O–H groups in total. The van der Waals surface area contributed by atoms with Crippen LogP contribution in [-0.2, 0) is 16.1 Å². The van der Waals surface area contributed by atoms with E-state index in [1.54, 1.807) is 43.3 Å². The van der Waals surface area contributed by atoms with E-state index in [2.05, 4.69) is 0 Å². The molecule has 0 saturated carbocycles. The molecule has 6 heteroatoms. The first-order valence-corrected chi connectivity index (χ1v) is 8.08. The van der Waals surface area contributed by atoms with Crippen LogP contribution in [0, 0.1) is 18.3 Å². The van der Waals surface area contributed by atoms with Gasteiger partial charge in [-0.3, -0.25) is 0 Å². The second-order valence-electron chi connectivity index (χ2n) is 5.85. The number of carbonyl (C=O) groups excluding carboxylic acids is 1. The molecule has 0 radical (unpaired) electrons. The van der Waals surface area contributed by atoms with Gasteiger partial charge in [0.2, 0.25) is 0 Å². The lowest BCUT2D eigenvalue weighted by Crippen LogP contribution is -2.06. The number of hydrogen-bond donors (Lipinski definition) is 1. The smallest absolute Gasteiger partial charge is 0.336 e. The number of hydrogen-bond acceptors (Lipinski definition) is 6. The zero-order valence-electron chi connectivity index (χ0n) is 14.4. The van der Waals surface area contributed by atoms with E-state index in [-0.39, 0.29) is 17.9 Å². The van der Waals surface area contributed by atoms with Crippen LogP contribution in [0.1, 0.15) is 22.3 Å². The number of aromatic hydroxyl groups is 1. The fourth-order valence-corrected chi connectivity index (χ4v) is 2.57. The molecule has 3 aromatic rings. The quantitative estimate of drug-likeness (QED) is 0.434. The third-order valence-electron chi connectivity index (χ3n) is 4.04. The van der Waals surface area contributed by atoms with Gasteiger partial charge in [0.15, 0.2) is 0 Å². The van der Waals surface area contributed by atoms with Crippen LogP contribution in [0.15, 0.2) is 57.8 Å². The lowest BCUT2D eigenvalue weighted by Gasteiger charge is -2.08. The van der Waals surface area contributed by atoms with Crippen molar-refractivity contribution in [1.29, 1.82) is 5.26 Å². The van der Waals surface area contributed by atoms with E-state index in [0.717, 1.165) is 5.56 Å². The maximum atomic E-state index is 12.0. The van der Waals surface area contributed by atoms with Crippen LogP contribution in [0.5, 0.6) is 5.75 Å². The molecule has 1 heterocycles. The summed E-state index contributed by atoms with van der Waals surface area (Å²) in [7, 11) is 0. The molecule has 0 fully saturated rings. The molecule has 0 aliphatic carbocycles. The van der Waals surface area contributed by atoms with E-state index < -0.39 is 11.6 Å². The average molecular weight is 361 g/mol. The van der Waals surface area contributed by atoms with E-state index in [1.807, 2.05) is 6.07 Å². The summed E-state index contributed by atoms with van der Waals surface area (Å²) in [4.78, 5) is 23.7. The van der Waals surface area contributed by atoms with Crippen LogP contribution >= 0.6 is 0 Å². The lowest BCUT2D eigenvalue weighted by molar-refractivity contribution is -0.138. The monoisotopic (exact) mass is 361 g/mol. The fraction of sp³-hybridized carbons (Fsp3) is 0.0952. The summed E-state index contributed by atoms with van der Waals surface area (Å²) in [6.45, 7) is 1.53. The zero-order chi connectivity index (χ0) is 19.4. The van der Waals surface area contributed by atoms with Crippen LogP contribution in [0.25, 0.3) is 17.0 Å². The lowest BCUT2D eigenvalue weighted by atomic mass is 10.1. The molecule has 0 bridgehead atoms. The Kier molecular flexibility index (Phi) is 5.04. The highest BCUT2D eigenvalue weighted by atomic mass is 16.5. The molecule has 3 rings (SSSR count). The molecule has 0 spiro atoms. The second-order valence-corrected chi connectivity index (χ2v) is 5.85. The minimum atomic E-state index is -0.588. The molecule has 134 valence electrons. The van der Waals surface area contributed by atoms with Gasteiger partial charge < -0.3 is 14.3 Å². The summed E-state index contributed by atoms with van der Waals surface area (Å²) in [5.41, 5.74) is 1.90. The average Bonchev–Trinajstić information content (AvgIpc) is 2.68. The van der Waals surface area contributed by atoms with Crippen molar-refractivity contribution in [2.45, 2.75) is 13.5 Å². The van der Waals surface area contributed by atoms with Crippen LogP contribution in [0.3, 0.4) is 0 Å². The van der Waals surface area contributed by atoms with Crippen molar-refractivity contribution in [2.75, 3.05) is 0 Å². The summed E-state index contributed by atoms with van der Waals surface area (Å²) in [6, 6.07) is 13.1. The summed E-state index contributed by atoms with van der Waals surface area (Å²) in [5, 5.41) is 19.1. The number of benzene rings is 2. The number of phenolic OH excluding ortho intramolecular Hbond substituents is 1. The van der Waals surface area contributed by atoms with Crippen molar-refractivity contribution in [3.05, 3.63) is 81.2 Å². The van der Waals surface area contributed by atoms with Crippen LogP contribution < -0.4 is 5.63 Å². The zero-order valence-corrected chi connectivity index (χ0v) is 14.4. The number of aryl methyl sites for hydroxylation is 1. The molecule has 1 aromatic heterocycles. The highest BCUT2D eigenvalue weighted by Crippen LogP contribution is 2.27. The van der Waals surface area contributed by atoms with E-state index >= 15 is 0 Å². The number of nitriles is 1. The van der Waals surface area contributed by atoms with E-state index in [1.165, 1.54) is 18.2 Å². The Balaban J connectivity index is 1.75. The summed E-state index contributed by atoms with van der Waals surface area (Å²) in [6.07, 6.45) is 2.84. The van der Waals surface area contributed by atoms with Gasteiger partial charge in [0.25, 0.3) is 0 Å². The topological polar surface area (TPSA) is 101 Å². The second kappa shape index (κ2) is 7.58. The van der Waals surface area contributed by atoms with E-state index in [4.69, 9.17) is 14.4 Å². The highest BCUT2D eigenvalue weighted by molar-refractivity contribution is 5.88. The SMILES string of the molecule is Cc1c(O)ccc2c(COC(=O)/C=C/c3ccc(C#N)cc3)cc(=O)oc12. The molecule has 0 saturated heterocycles. The van der Waals surface area contributed by atoms with E-state index in [9.17, 15) is 14.7 Å². The number of carbonyl (C=O) groups is 1. The van der Waals surface area contributed by atoms with Gasteiger partial charge in [-0.05, 0) is 42.8 Å². The molecule has 2 aromatic carbocycles. The minimum Gasteiger partial charge on any atom is -0.508 e. The van der Waals surface area contributed by atoms with Crippen molar-refractivity contribution in [2.24, 2.45) is 0 Å². The number of ether oxygens (including phenoxy) is 1. The number of fused-ring (bicyclic) bond motifs is 1. The van der Waals surface area contributed by atoms with Gasteiger partial charge in [-0.1, -0.05) is 12.1 Å². The number of rotatable bonds is 4. The first-order valence-electron chi connectivity index (χ1n) is 8.08. The Bertz CT molecular complexity index is 1130. The molecule has 0 unspecified atom stereocenters. The van der Waals surface area contributed by atoms with Crippen molar-refractivity contribution in [1.82, 2.24) is 0 Å². The Morgan fingerprint density at radius 1 is 1.26 bits per heavy atom. The largest absolute Gasteiger partial charge is 0.508 e. The first-order chi connectivity index (χ1) is 13.0. The Morgan fingerprint density at radius 3 is 2.70 bits per heavy atom. The van der Waals surface area contributed by atoms with Gasteiger partial charge in [-0.25, -0.2) is 9.59 Å². The molecule has 0 atom stereocenters. The number of phenols is 1. The van der Waals surface area contributed by atoms with Gasteiger partial charge >= 0.3 is 11.6 Å². The maximum Gasteiger partial charge on any atom is 0.336 e. The van der Waals surface area contributed by atoms with E-state index in [0.29, 0.717) is 22.1 Å². The summed E-state index contributed by atoms with van der Waals surface area (Å²) < 4.78 is 10.4. The normalized spacial score (nSPS) is 10.8. The van der Waals surface area contributed by atoms with Gasteiger partial charge in [0, 0.05) is 28.7 Å². The predicted octanol–water partition coefficient (Wildman–Crippen LogP) is 3.44. The third-order valence-corrected chi connectivity index (χ3v) is 4.04. The third kappa shape index (κ3) is 4.05. The van der Waals surface area contributed by atoms with Crippen LogP contribution in [0.4, 0.5) is 0 Å². The molecule has 27 heavy (non-hydrogen) atoms. The summed E-state index contributed by atoms with van der Waals surface area (Å²) in [5.74, 6) is -0.554. The molecular weight excluding hydrogens is 346 g/mol. The molecule has 6 nitrogen and oxygen atoms in total. The number of esters is 1. The Labute approximate surface area is 154 Å². The fourth-order valence-electron chi connectivity index (χ4n) is 2.57.